The number of piperidine rings is 1. The van der Waals surface area contributed by atoms with E-state index < -0.39 is 0 Å². The van der Waals surface area contributed by atoms with Crippen molar-refractivity contribution in [3.63, 3.8) is 0 Å². The van der Waals surface area contributed by atoms with Crippen LogP contribution in [0.4, 0.5) is 0 Å². The maximum Gasteiger partial charge on any atom is 0.107 e. The number of likely N-dealkylation sites (tertiary alicyclic amines) is 1. The van der Waals surface area contributed by atoms with Crippen molar-refractivity contribution in [1.82, 2.24) is 4.90 Å². The summed E-state index contributed by atoms with van der Waals surface area (Å²) in [6.45, 7) is 1.99. The highest BCUT2D eigenvalue weighted by Crippen LogP contribution is 2.14. The van der Waals surface area contributed by atoms with Gasteiger partial charge in [0.05, 0.1) is 0 Å². The van der Waals surface area contributed by atoms with Crippen LogP contribution in [0.15, 0.2) is 0 Å². The van der Waals surface area contributed by atoms with Gasteiger partial charge < -0.3 is 5.11 Å². The van der Waals surface area contributed by atoms with Crippen molar-refractivity contribution in [3.05, 3.63) is 0 Å². The van der Waals surface area contributed by atoms with Crippen molar-refractivity contribution in [3.8, 4) is 0 Å². The molecule has 66 valence electrons. The van der Waals surface area contributed by atoms with Gasteiger partial charge in [0, 0.05) is 19.0 Å². The largest absolute Gasteiger partial charge is 0.378 e. The molecule has 0 radical (unpaired) electrons. The van der Waals surface area contributed by atoms with Gasteiger partial charge in [0.15, 0.2) is 0 Å². The third-order valence-corrected chi connectivity index (χ3v) is 2.43. The van der Waals surface area contributed by atoms with Crippen LogP contribution in [-0.4, -0.2) is 35.2 Å². The molecule has 0 aromatic rings. The minimum atomic E-state index is -0.202. The second-order valence-corrected chi connectivity index (χ2v) is 3.43. The summed E-state index contributed by atoms with van der Waals surface area (Å²) in [5.74, 6) is 0.698. The van der Waals surface area contributed by atoms with Gasteiger partial charge in [-0.2, -0.15) is 0 Å². The first-order chi connectivity index (χ1) is 5.34. The number of aliphatic hydroxyl groups is 1. The molecule has 0 aliphatic carbocycles. The van der Waals surface area contributed by atoms with Crippen LogP contribution in [0, 0.1) is 0 Å². The van der Waals surface area contributed by atoms with Gasteiger partial charge in [-0.25, -0.2) is 0 Å². The van der Waals surface area contributed by atoms with E-state index in [9.17, 15) is 5.11 Å². The van der Waals surface area contributed by atoms with E-state index in [4.69, 9.17) is 11.6 Å². The average Bonchev–Trinajstić information content (AvgIpc) is 2.03. The molecule has 0 spiro atoms. The number of aliphatic hydroxyl groups excluding tert-OH is 1. The molecule has 1 fully saturated rings. The van der Waals surface area contributed by atoms with E-state index in [1.54, 1.807) is 0 Å². The second kappa shape index (κ2) is 4.96. The topological polar surface area (TPSA) is 23.5 Å². The molecule has 1 rings (SSSR count). The predicted molar refractivity (Wildman–Crippen MR) is 46.8 cm³/mol. The van der Waals surface area contributed by atoms with Crippen molar-refractivity contribution in [2.75, 3.05) is 19.0 Å². The summed E-state index contributed by atoms with van der Waals surface area (Å²) in [5, 5.41) is 9.48. The highest BCUT2D eigenvalue weighted by atomic mass is 35.5. The lowest BCUT2D eigenvalue weighted by Gasteiger charge is -2.31. The third-order valence-electron chi connectivity index (χ3n) is 2.16. The van der Waals surface area contributed by atoms with E-state index in [0.29, 0.717) is 5.88 Å². The van der Waals surface area contributed by atoms with Crippen LogP contribution in [-0.2, 0) is 0 Å². The van der Waals surface area contributed by atoms with Gasteiger partial charge >= 0.3 is 0 Å². The Labute approximate surface area is 73.1 Å². The van der Waals surface area contributed by atoms with E-state index in [1.807, 2.05) is 0 Å². The Bertz CT molecular complexity index is 110. The van der Waals surface area contributed by atoms with E-state index in [1.165, 1.54) is 12.8 Å². The minimum absolute atomic E-state index is 0.202. The fourth-order valence-electron chi connectivity index (χ4n) is 1.50. The molecule has 1 saturated heterocycles. The smallest absolute Gasteiger partial charge is 0.107 e. The summed E-state index contributed by atoms with van der Waals surface area (Å²) in [5.41, 5.74) is 0. The fraction of sp³-hybridized carbons (Fsp3) is 1.00. The molecule has 3 heteroatoms. The van der Waals surface area contributed by atoms with Crippen LogP contribution in [0.2, 0.25) is 0 Å². The first kappa shape index (κ1) is 9.30. The maximum atomic E-state index is 9.48. The molecule has 1 aliphatic heterocycles. The lowest BCUT2D eigenvalue weighted by atomic mass is 10.1. The molecular formula is C8H16ClNO. The standard InChI is InChI=1S/C8H16ClNO/c9-5-3-7-10-6-2-1-4-8(10)11/h8,11H,1-7H2/t8-/m0/s1. The summed E-state index contributed by atoms with van der Waals surface area (Å²) in [7, 11) is 0. The van der Waals surface area contributed by atoms with Gasteiger partial charge in [-0.15, -0.1) is 11.6 Å². The molecule has 2 nitrogen and oxygen atoms in total. The van der Waals surface area contributed by atoms with Gasteiger partial charge in [0.25, 0.3) is 0 Å². The number of alkyl halides is 1. The fourth-order valence-corrected chi connectivity index (χ4v) is 1.62. The lowest BCUT2D eigenvalue weighted by Crippen LogP contribution is -2.39. The zero-order chi connectivity index (χ0) is 8.10. The number of halogens is 1. The van der Waals surface area contributed by atoms with Crippen LogP contribution >= 0.6 is 11.6 Å². The molecule has 1 heterocycles. The first-order valence-electron chi connectivity index (χ1n) is 4.32. The molecule has 1 aliphatic rings. The summed E-state index contributed by atoms with van der Waals surface area (Å²) < 4.78 is 0. The molecule has 11 heavy (non-hydrogen) atoms. The summed E-state index contributed by atoms with van der Waals surface area (Å²) in [4.78, 5) is 2.12. The Morgan fingerprint density at radius 3 is 2.91 bits per heavy atom. The van der Waals surface area contributed by atoms with Gasteiger partial charge in [0.2, 0.25) is 0 Å². The SMILES string of the molecule is O[C@H]1CCCCN1CCCCl. The number of hydrogen-bond acceptors (Lipinski definition) is 2. The molecule has 0 unspecified atom stereocenters. The van der Waals surface area contributed by atoms with E-state index in [-0.39, 0.29) is 6.23 Å². The van der Waals surface area contributed by atoms with Crippen molar-refractivity contribution >= 4 is 11.6 Å². The normalized spacial score (nSPS) is 27.3. The molecule has 0 aromatic carbocycles. The maximum absolute atomic E-state index is 9.48. The van der Waals surface area contributed by atoms with E-state index >= 15 is 0 Å². The van der Waals surface area contributed by atoms with Crippen LogP contribution in [0.1, 0.15) is 25.7 Å². The quantitative estimate of drug-likeness (QED) is 0.660. The van der Waals surface area contributed by atoms with Crippen LogP contribution in [0.3, 0.4) is 0 Å². The van der Waals surface area contributed by atoms with Crippen LogP contribution in [0.5, 0.6) is 0 Å². The van der Waals surface area contributed by atoms with Crippen LogP contribution < -0.4 is 0 Å². The van der Waals surface area contributed by atoms with Gasteiger partial charge in [-0.05, 0) is 25.7 Å². The third kappa shape index (κ3) is 2.97. The number of nitrogens with zero attached hydrogens (tertiary/aromatic N) is 1. The first-order valence-corrected chi connectivity index (χ1v) is 4.86. The molecule has 0 bridgehead atoms. The zero-order valence-electron chi connectivity index (χ0n) is 6.80. The Balaban J connectivity index is 2.18. The van der Waals surface area contributed by atoms with Gasteiger partial charge in [0.1, 0.15) is 6.23 Å². The Morgan fingerprint density at radius 1 is 1.45 bits per heavy atom. The monoisotopic (exact) mass is 177 g/mol. The Kier molecular flexibility index (Phi) is 4.20. The summed E-state index contributed by atoms with van der Waals surface area (Å²) in [6.07, 6.45) is 4.10. The van der Waals surface area contributed by atoms with Crippen molar-refractivity contribution in [2.45, 2.75) is 31.9 Å². The zero-order valence-corrected chi connectivity index (χ0v) is 7.56. The molecule has 1 atom stereocenters. The Hall–Kier alpha value is 0.210. The molecular weight excluding hydrogens is 162 g/mol. The molecule has 0 amide bonds. The van der Waals surface area contributed by atoms with E-state index in [2.05, 4.69) is 4.90 Å². The lowest BCUT2D eigenvalue weighted by molar-refractivity contribution is -0.0231. The highest BCUT2D eigenvalue weighted by molar-refractivity contribution is 6.17. The van der Waals surface area contributed by atoms with Gasteiger partial charge in [-0.1, -0.05) is 0 Å². The predicted octanol–water partition coefficient (Wildman–Crippen LogP) is 1.42. The highest BCUT2D eigenvalue weighted by Gasteiger charge is 2.18. The molecule has 0 saturated carbocycles. The van der Waals surface area contributed by atoms with Crippen molar-refractivity contribution in [2.24, 2.45) is 0 Å². The van der Waals surface area contributed by atoms with E-state index in [0.717, 1.165) is 25.9 Å². The molecule has 1 N–H and O–H groups in total. The van der Waals surface area contributed by atoms with Crippen LogP contribution in [0.25, 0.3) is 0 Å². The number of hydrogen-bond donors (Lipinski definition) is 1. The van der Waals surface area contributed by atoms with Gasteiger partial charge in [-0.3, -0.25) is 4.90 Å². The summed E-state index contributed by atoms with van der Waals surface area (Å²) >= 11 is 5.56. The molecule has 0 aromatic heterocycles. The summed E-state index contributed by atoms with van der Waals surface area (Å²) in [6, 6.07) is 0. The van der Waals surface area contributed by atoms with Crippen molar-refractivity contribution < 1.29 is 5.11 Å². The average molecular weight is 178 g/mol. The van der Waals surface area contributed by atoms with Crippen molar-refractivity contribution in [1.29, 1.82) is 0 Å². The second-order valence-electron chi connectivity index (χ2n) is 3.05. The number of rotatable bonds is 3. The Morgan fingerprint density at radius 2 is 2.27 bits per heavy atom. The minimum Gasteiger partial charge on any atom is -0.378 e.